The lowest BCUT2D eigenvalue weighted by Gasteiger charge is -2.17. The van der Waals surface area contributed by atoms with Crippen LogP contribution in [0.25, 0.3) is 0 Å². The smallest absolute Gasteiger partial charge is 0.207 e. The van der Waals surface area contributed by atoms with Crippen molar-refractivity contribution in [3.05, 3.63) is 29.3 Å². The molecule has 0 N–H and O–H groups in total. The van der Waals surface area contributed by atoms with Crippen molar-refractivity contribution in [2.75, 3.05) is 18.4 Å². The van der Waals surface area contributed by atoms with Crippen molar-refractivity contribution in [3.8, 4) is 0 Å². The second-order valence-corrected chi connectivity index (χ2v) is 7.97. The molecule has 1 atom stereocenters. The monoisotopic (exact) mass is 345 g/mol. The molecule has 1 aromatic rings. The first kappa shape index (κ1) is 15.0. The van der Waals surface area contributed by atoms with Gasteiger partial charge in [0, 0.05) is 18.4 Å². The van der Waals surface area contributed by atoms with Crippen molar-refractivity contribution >= 4 is 26.0 Å². The van der Waals surface area contributed by atoms with E-state index < -0.39 is 10.0 Å². The van der Waals surface area contributed by atoms with E-state index in [0.717, 1.165) is 29.3 Å². The van der Waals surface area contributed by atoms with Gasteiger partial charge in [0.15, 0.2) is 0 Å². The quantitative estimate of drug-likeness (QED) is 0.786. The van der Waals surface area contributed by atoms with Gasteiger partial charge in [-0.15, -0.1) is 0 Å². The largest absolute Gasteiger partial charge is 0.243 e. The molecule has 0 spiro atoms. The van der Waals surface area contributed by atoms with Crippen LogP contribution in [-0.4, -0.2) is 31.1 Å². The zero-order valence-electron chi connectivity index (χ0n) is 11.4. The number of nitrogens with zero attached hydrogens (tertiary/aromatic N) is 1. The van der Waals surface area contributed by atoms with Crippen molar-refractivity contribution in [2.24, 2.45) is 5.92 Å². The summed E-state index contributed by atoms with van der Waals surface area (Å²) in [7, 11) is -3.31. The van der Waals surface area contributed by atoms with Gasteiger partial charge in [0.1, 0.15) is 0 Å². The summed E-state index contributed by atoms with van der Waals surface area (Å²) in [5, 5.41) is 0.940. The predicted octanol–water partition coefficient (Wildman–Crippen LogP) is 3.10. The summed E-state index contributed by atoms with van der Waals surface area (Å²) in [6.45, 7) is 5.24. The second kappa shape index (κ2) is 5.94. The highest BCUT2D eigenvalue weighted by molar-refractivity contribution is 9.09. The van der Waals surface area contributed by atoms with Crippen LogP contribution in [0.3, 0.4) is 0 Å². The molecule has 1 unspecified atom stereocenters. The molecule has 1 aromatic carbocycles. The zero-order chi connectivity index (χ0) is 14.0. The van der Waals surface area contributed by atoms with Crippen molar-refractivity contribution < 1.29 is 8.42 Å². The van der Waals surface area contributed by atoms with Gasteiger partial charge in [-0.05, 0) is 55.9 Å². The number of rotatable bonds is 4. The average molecular weight is 346 g/mol. The second-order valence-electron chi connectivity index (χ2n) is 5.24. The predicted molar refractivity (Wildman–Crippen MR) is 81.2 cm³/mol. The number of alkyl halides is 1. The summed E-state index contributed by atoms with van der Waals surface area (Å²) in [6, 6.07) is 5.38. The maximum atomic E-state index is 12.6. The van der Waals surface area contributed by atoms with E-state index in [1.54, 1.807) is 16.4 Å². The van der Waals surface area contributed by atoms with Crippen molar-refractivity contribution in [2.45, 2.75) is 31.6 Å². The molecular formula is C14H20BrNO2S. The molecule has 0 radical (unpaired) electrons. The lowest BCUT2D eigenvalue weighted by molar-refractivity contribution is 0.454. The topological polar surface area (TPSA) is 37.4 Å². The van der Waals surface area contributed by atoms with Gasteiger partial charge < -0.3 is 0 Å². The van der Waals surface area contributed by atoms with Crippen LogP contribution in [0, 0.1) is 19.8 Å². The molecule has 1 saturated heterocycles. The Balaban J connectivity index is 2.21. The normalized spacial score (nSPS) is 20.9. The fourth-order valence-electron chi connectivity index (χ4n) is 2.43. The Bertz CT molecular complexity index is 557. The molecule has 1 aliphatic heterocycles. The Hall–Kier alpha value is -0.390. The fraction of sp³-hybridized carbons (Fsp3) is 0.571. The van der Waals surface area contributed by atoms with Gasteiger partial charge in [0.05, 0.1) is 4.90 Å². The van der Waals surface area contributed by atoms with Crippen LogP contribution in [0.15, 0.2) is 23.1 Å². The van der Waals surface area contributed by atoms with Crippen LogP contribution in [-0.2, 0) is 10.0 Å². The highest BCUT2D eigenvalue weighted by Crippen LogP contribution is 2.27. The molecule has 2 rings (SSSR count). The third-order valence-corrected chi connectivity index (χ3v) is 6.20. The Labute approximate surface area is 124 Å². The molecule has 1 aliphatic rings. The number of benzene rings is 1. The van der Waals surface area contributed by atoms with Gasteiger partial charge in [-0.3, -0.25) is 0 Å². The van der Waals surface area contributed by atoms with E-state index in [-0.39, 0.29) is 0 Å². The van der Waals surface area contributed by atoms with Gasteiger partial charge in [0.2, 0.25) is 10.0 Å². The number of halogens is 1. The highest BCUT2D eigenvalue weighted by atomic mass is 79.9. The van der Waals surface area contributed by atoms with E-state index in [1.807, 2.05) is 19.9 Å². The van der Waals surface area contributed by atoms with Gasteiger partial charge in [0.25, 0.3) is 0 Å². The Kier molecular flexibility index (Phi) is 4.69. The lowest BCUT2D eigenvalue weighted by atomic mass is 10.1. The SMILES string of the molecule is Cc1ccc(S(=O)(=O)N2CCC(CCBr)C2)cc1C. The van der Waals surface area contributed by atoms with E-state index in [2.05, 4.69) is 15.9 Å². The van der Waals surface area contributed by atoms with Crippen LogP contribution < -0.4 is 0 Å². The van der Waals surface area contributed by atoms with Crippen molar-refractivity contribution in [1.82, 2.24) is 4.31 Å². The summed E-state index contributed by atoms with van der Waals surface area (Å²) >= 11 is 3.42. The zero-order valence-corrected chi connectivity index (χ0v) is 13.8. The van der Waals surface area contributed by atoms with E-state index in [0.29, 0.717) is 23.9 Å². The van der Waals surface area contributed by atoms with Crippen LogP contribution in [0.5, 0.6) is 0 Å². The molecule has 1 heterocycles. The molecule has 0 amide bonds. The van der Waals surface area contributed by atoms with Gasteiger partial charge in [-0.1, -0.05) is 22.0 Å². The molecule has 5 heteroatoms. The number of sulfonamides is 1. The van der Waals surface area contributed by atoms with E-state index in [9.17, 15) is 8.42 Å². The molecule has 0 aromatic heterocycles. The van der Waals surface area contributed by atoms with E-state index in [4.69, 9.17) is 0 Å². The van der Waals surface area contributed by atoms with Crippen molar-refractivity contribution in [3.63, 3.8) is 0 Å². The molecule has 0 aliphatic carbocycles. The maximum absolute atomic E-state index is 12.6. The summed E-state index contributed by atoms with van der Waals surface area (Å²) in [5.41, 5.74) is 2.15. The molecular weight excluding hydrogens is 326 g/mol. The standard InChI is InChI=1S/C14H20BrNO2S/c1-11-3-4-14(9-12(11)2)19(17,18)16-8-6-13(10-16)5-7-15/h3-4,9,13H,5-8,10H2,1-2H3. The van der Waals surface area contributed by atoms with Gasteiger partial charge in [-0.25, -0.2) is 8.42 Å². The molecule has 1 fully saturated rings. The summed E-state index contributed by atoms with van der Waals surface area (Å²) in [4.78, 5) is 0.426. The molecule has 106 valence electrons. The van der Waals surface area contributed by atoms with Crippen molar-refractivity contribution in [1.29, 1.82) is 0 Å². The van der Waals surface area contributed by atoms with Crippen LogP contribution in [0.4, 0.5) is 0 Å². The minimum Gasteiger partial charge on any atom is -0.207 e. The average Bonchev–Trinajstić information content (AvgIpc) is 2.82. The van der Waals surface area contributed by atoms with E-state index in [1.165, 1.54) is 0 Å². The lowest BCUT2D eigenvalue weighted by Crippen LogP contribution is -2.29. The fourth-order valence-corrected chi connectivity index (χ4v) is 4.69. The van der Waals surface area contributed by atoms with E-state index >= 15 is 0 Å². The number of hydrogen-bond donors (Lipinski definition) is 0. The minimum absolute atomic E-state index is 0.426. The van der Waals surface area contributed by atoms with Crippen LogP contribution in [0.1, 0.15) is 24.0 Å². The molecule has 0 saturated carbocycles. The Morgan fingerprint density at radius 3 is 2.68 bits per heavy atom. The first-order chi connectivity index (χ1) is 8.95. The van der Waals surface area contributed by atoms with Gasteiger partial charge >= 0.3 is 0 Å². The number of aryl methyl sites for hydroxylation is 2. The first-order valence-corrected chi connectivity index (χ1v) is 9.14. The minimum atomic E-state index is -3.31. The summed E-state index contributed by atoms with van der Waals surface area (Å²) < 4.78 is 26.8. The van der Waals surface area contributed by atoms with Crippen LogP contribution >= 0.6 is 15.9 Å². The van der Waals surface area contributed by atoms with Crippen LogP contribution in [0.2, 0.25) is 0 Å². The number of hydrogen-bond acceptors (Lipinski definition) is 2. The molecule has 3 nitrogen and oxygen atoms in total. The molecule has 19 heavy (non-hydrogen) atoms. The molecule has 0 bridgehead atoms. The Morgan fingerprint density at radius 1 is 1.32 bits per heavy atom. The third kappa shape index (κ3) is 3.20. The summed E-state index contributed by atoms with van der Waals surface area (Å²) in [5.74, 6) is 0.487. The third-order valence-electron chi connectivity index (χ3n) is 3.88. The first-order valence-electron chi connectivity index (χ1n) is 6.58. The van der Waals surface area contributed by atoms with Gasteiger partial charge in [-0.2, -0.15) is 4.31 Å². The maximum Gasteiger partial charge on any atom is 0.243 e. The summed E-state index contributed by atoms with van der Waals surface area (Å²) in [6.07, 6.45) is 2.01. The Morgan fingerprint density at radius 2 is 2.05 bits per heavy atom. The highest BCUT2D eigenvalue weighted by Gasteiger charge is 2.32.